The average molecular weight is 265 g/mol. The summed E-state index contributed by atoms with van der Waals surface area (Å²) < 4.78 is 4.57. The Labute approximate surface area is 93.3 Å². The Hall–Kier alpha value is -0.380. The molecule has 0 heterocycles. The van der Waals surface area contributed by atoms with Gasteiger partial charge in [0.25, 0.3) is 0 Å². The number of hydrogen-bond donors (Lipinski definition) is 0. The highest BCUT2D eigenvalue weighted by atomic mass is 79.9. The number of methoxy groups -OCH3 is 1. The fourth-order valence-corrected chi connectivity index (χ4v) is 1.85. The van der Waals surface area contributed by atoms with E-state index in [1.165, 1.54) is 7.11 Å². The molecule has 0 aliphatic rings. The highest BCUT2D eigenvalue weighted by Crippen LogP contribution is 2.25. The molecule has 0 amide bonds. The lowest BCUT2D eigenvalue weighted by molar-refractivity contribution is -0.146. The highest BCUT2D eigenvalue weighted by molar-refractivity contribution is 9.10. The van der Waals surface area contributed by atoms with Gasteiger partial charge in [-0.1, -0.05) is 43.6 Å². The number of rotatable bonds is 3. The molecule has 82 valence electrons. The number of esters is 1. The second kappa shape index (κ2) is 4.91. The molecule has 0 aromatic heterocycles. The van der Waals surface area contributed by atoms with Crippen LogP contribution < -0.4 is 0 Å². The molecule has 14 heavy (non-hydrogen) atoms. The summed E-state index contributed by atoms with van der Waals surface area (Å²) in [5, 5.41) is 0. The molecule has 0 saturated carbocycles. The molecule has 0 aromatic carbocycles. The topological polar surface area (TPSA) is 43.4 Å². The van der Waals surface area contributed by atoms with Gasteiger partial charge < -0.3 is 4.74 Å². The van der Waals surface area contributed by atoms with Crippen LogP contribution in [0.5, 0.6) is 0 Å². The molecule has 2 atom stereocenters. The van der Waals surface area contributed by atoms with Gasteiger partial charge in [-0.05, 0) is 0 Å². The largest absolute Gasteiger partial charge is 0.469 e. The SMILES string of the molecule is COC(=O)C(C)C(Br)C(=O)C(C)(C)C. The molecule has 0 spiro atoms. The van der Waals surface area contributed by atoms with Crippen LogP contribution in [0, 0.1) is 11.3 Å². The average Bonchev–Trinajstić information content (AvgIpc) is 2.11. The number of carbonyl (C=O) groups is 2. The van der Waals surface area contributed by atoms with E-state index in [1.54, 1.807) is 6.92 Å². The smallest absolute Gasteiger partial charge is 0.309 e. The number of halogens is 1. The van der Waals surface area contributed by atoms with Crippen molar-refractivity contribution in [1.29, 1.82) is 0 Å². The van der Waals surface area contributed by atoms with Gasteiger partial charge in [-0.2, -0.15) is 0 Å². The van der Waals surface area contributed by atoms with E-state index in [0.717, 1.165) is 0 Å². The maximum atomic E-state index is 11.8. The zero-order valence-electron chi connectivity index (χ0n) is 9.26. The molecule has 3 nitrogen and oxygen atoms in total. The molecule has 2 unspecified atom stereocenters. The Bertz CT molecular complexity index is 230. The third kappa shape index (κ3) is 3.40. The number of alkyl halides is 1. The van der Waals surface area contributed by atoms with Crippen LogP contribution >= 0.6 is 15.9 Å². The molecule has 0 aromatic rings. The zero-order valence-corrected chi connectivity index (χ0v) is 10.8. The maximum Gasteiger partial charge on any atom is 0.309 e. The van der Waals surface area contributed by atoms with Crippen molar-refractivity contribution < 1.29 is 14.3 Å². The van der Waals surface area contributed by atoms with Gasteiger partial charge >= 0.3 is 5.97 Å². The van der Waals surface area contributed by atoms with Crippen LogP contribution in [0.15, 0.2) is 0 Å². The van der Waals surface area contributed by atoms with Crippen molar-refractivity contribution in [1.82, 2.24) is 0 Å². The molecule has 0 aliphatic heterocycles. The lowest BCUT2D eigenvalue weighted by Crippen LogP contribution is -2.36. The summed E-state index contributed by atoms with van der Waals surface area (Å²) in [6.07, 6.45) is 0. The van der Waals surface area contributed by atoms with E-state index in [9.17, 15) is 9.59 Å². The zero-order chi connectivity index (χ0) is 11.5. The first kappa shape index (κ1) is 13.6. The van der Waals surface area contributed by atoms with Gasteiger partial charge in [0.05, 0.1) is 17.9 Å². The van der Waals surface area contributed by atoms with Crippen LogP contribution in [0.1, 0.15) is 27.7 Å². The predicted molar refractivity (Wildman–Crippen MR) is 58.4 cm³/mol. The number of hydrogen-bond acceptors (Lipinski definition) is 3. The van der Waals surface area contributed by atoms with Crippen molar-refractivity contribution >= 4 is 27.7 Å². The minimum Gasteiger partial charge on any atom is -0.469 e. The van der Waals surface area contributed by atoms with E-state index < -0.39 is 16.2 Å². The molecule has 0 radical (unpaired) electrons. The van der Waals surface area contributed by atoms with Gasteiger partial charge in [-0.25, -0.2) is 0 Å². The maximum absolute atomic E-state index is 11.8. The number of Topliss-reactive ketones (excluding diaryl/α,β-unsaturated/α-hetero) is 1. The van der Waals surface area contributed by atoms with Crippen molar-refractivity contribution in [2.75, 3.05) is 7.11 Å². The van der Waals surface area contributed by atoms with Crippen LogP contribution in [0.4, 0.5) is 0 Å². The third-order valence-corrected chi connectivity index (χ3v) is 3.21. The van der Waals surface area contributed by atoms with Crippen molar-refractivity contribution in [2.45, 2.75) is 32.5 Å². The lowest BCUT2D eigenvalue weighted by atomic mass is 9.85. The predicted octanol–water partition coefficient (Wildman–Crippen LogP) is 2.17. The van der Waals surface area contributed by atoms with Crippen LogP contribution in [-0.2, 0) is 14.3 Å². The molecule has 0 aliphatic carbocycles. The van der Waals surface area contributed by atoms with Crippen LogP contribution in [0.25, 0.3) is 0 Å². The lowest BCUT2D eigenvalue weighted by Gasteiger charge is -2.23. The van der Waals surface area contributed by atoms with Gasteiger partial charge in [-0.3, -0.25) is 9.59 Å². The Balaban J connectivity index is 4.55. The standard InChI is InChI=1S/C10H17BrO3/c1-6(9(13)14-5)7(11)8(12)10(2,3)4/h6-7H,1-5H3. The second-order valence-corrected chi connectivity index (χ2v) is 5.31. The fraction of sp³-hybridized carbons (Fsp3) is 0.800. The first-order valence-corrected chi connectivity index (χ1v) is 5.39. The summed E-state index contributed by atoms with van der Waals surface area (Å²) >= 11 is 3.24. The molecular formula is C10H17BrO3. The van der Waals surface area contributed by atoms with Gasteiger partial charge in [0, 0.05) is 5.41 Å². The molecule has 0 rings (SSSR count). The third-order valence-electron chi connectivity index (χ3n) is 2.00. The van der Waals surface area contributed by atoms with Crippen LogP contribution in [-0.4, -0.2) is 23.7 Å². The van der Waals surface area contributed by atoms with Gasteiger partial charge in [0.1, 0.15) is 0 Å². The molecule has 4 heteroatoms. The Kier molecular flexibility index (Phi) is 4.78. The summed E-state index contributed by atoms with van der Waals surface area (Å²) in [7, 11) is 1.32. The minimum absolute atomic E-state index is 0.00963. The summed E-state index contributed by atoms with van der Waals surface area (Å²) in [4.78, 5) is 22.5. The van der Waals surface area contributed by atoms with Crippen LogP contribution in [0.2, 0.25) is 0 Å². The summed E-state index contributed by atoms with van der Waals surface area (Å²) in [6, 6.07) is 0. The van der Waals surface area contributed by atoms with E-state index in [1.807, 2.05) is 20.8 Å². The second-order valence-electron chi connectivity index (χ2n) is 4.33. The quantitative estimate of drug-likeness (QED) is 0.580. The Morgan fingerprint density at radius 3 is 2.00 bits per heavy atom. The molecule has 0 saturated heterocycles. The molecule has 0 bridgehead atoms. The minimum atomic E-state index is -0.477. The van der Waals surface area contributed by atoms with Gasteiger partial charge in [0.15, 0.2) is 5.78 Å². The van der Waals surface area contributed by atoms with Crippen molar-refractivity contribution in [3.63, 3.8) is 0 Å². The number of carbonyl (C=O) groups excluding carboxylic acids is 2. The summed E-state index contributed by atoms with van der Waals surface area (Å²) in [5.74, 6) is -0.813. The van der Waals surface area contributed by atoms with E-state index in [4.69, 9.17) is 0 Å². The number of ether oxygens (including phenoxy) is 1. The normalized spacial score (nSPS) is 15.9. The van der Waals surface area contributed by atoms with E-state index in [2.05, 4.69) is 20.7 Å². The first-order chi connectivity index (χ1) is 6.21. The molecule has 0 fully saturated rings. The monoisotopic (exact) mass is 264 g/mol. The van der Waals surface area contributed by atoms with Crippen LogP contribution in [0.3, 0.4) is 0 Å². The van der Waals surface area contributed by atoms with Gasteiger partial charge in [-0.15, -0.1) is 0 Å². The summed E-state index contributed by atoms with van der Waals surface area (Å²) in [6.45, 7) is 7.16. The number of ketones is 1. The fourth-order valence-electron chi connectivity index (χ4n) is 0.946. The van der Waals surface area contributed by atoms with Crippen molar-refractivity contribution in [3.8, 4) is 0 Å². The van der Waals surface area contributed by atoms with E-state index in [-0.39, 0.29) is 11.8 Å². The van der Waals surface area contributed by atoms with E-state index >= 15 is 0 Å². The Morgan fingerprint density at radius 2 is 1.71 bits per heavy atom. The molecular weight excluding hydrogens is 248 g/mol. The van der Waals surface area contributed by atoms with Crippen molar-refractivity contribution in [3.05, 3.63) is 0 Å². The van der Waals surface area contributed by atoms with E-state index in [0.29, 0.717) is 0 Å². The first-order valence-electron chi connectivity index (χ1n) is 4.48. The van der Waals surface area contributed by atoms with Gasteiger partial charge in [0.2, 0.25) is 0 Å². The van der Waals surface area contributed by atoms with Crippen molar-refractivity contribution in [2.24, 2.45) is 11.3 Å². The molecule has 0 N–H and O–H groups in total. The summed E-state index contributed by atoms with van der Waals surface area (Å²) in [5.41, 5.74) is -0.448. The highest BCUT2D eigenvalue weighted by Gasteiger charge is 2.34. The Morgan fingerprint density at radius 1 is 1.29 bits per heavy atom.